The molecule has 0 spiro atoms. The second-order valence-electron chi connectivity index (χ2n) is 5.34. The summed E-state index contributed by atoms with van der Waals surface area (Å²) in [5, 5.41) is 14.7. The number of nitro groups is 1. The van der Waals surface area contributed by atoms with E-state index in [0.29, 0.717) is 6.04 Å². The van der Waals surface area contributed by atoms with Crippen LogP contribution in [-0.4, -0.2) is 30.6 Å². The normalized spacial score (nSPS) is 18.1. The van der Waals surface area contributed by atoms with E-state index in [1.54, 1.807) is 12.1 Å². The fourth-order valence-corrected chi connectivity index (χ4v) is 2.72. The lowest BCUT2D eigenvalue weighted by atomic mass is 10.1. The van der Waals surface area contributed by atoms with Crippen LogP contribution in [0.1, 0.15) is 32.6 Å². The minimum atomic E-state index is -0.281. The van der Waals surface area contributed by atoms with Gasteiger partial charge in [-0.05, 0) is 31.9 Å². The Labute approximate surface area is 120 Å². The molecule has 0 saturated carbocycles. The van der Waals surface area contributed by atoms with E-state index in [1.807, 2.05) is 12.1 Å². The lowest BCUT2D eigenvalue weighted by Crippen LogP contribution is -2.38. The molecule has 1 fully saturated rings. The highest BCUT2D eigenvalue weighted by molar-refractivity contribution is 5.63. The first-order valence-electron chi connectivity index (χ1n) is 7.44. The molecule has 1 aliphatic rings. The van der Waals surface area contributed by atoms with E-state index in [1.165, 1.54) is 6.42 Å². The van der Waals surface area contributed by atoms with Gasteiger partial charge in [-0.1, -0.05) is 25.5 Å². The van der Waals surface area contributed by atoms with E-state index in [-0.39, 0.29) is 10.6 Å². The summed E-state index contributed by atoms with van der Waals surface area (Å²) in [5.41, 5.74) is 0.959. The summed E-state index contributed by atoms with van der Waals surface area (Å²) in [4.78, 5) is 13.1. The molecule has 1 aliphatic heterocycles. The molecule has 1 N–H and O–H groups in total. The van der Waals surface area contributed by atoms with E-state index in [9.17, 15) is 10.1 Å². The molecule has 5 heteroatoms. The van der Waals surface area contributed by atoms with Gasteiger partial charge in [-0.25, -0.2) is 0 Å². The van der Waals surface area contributed by atoms with E-state index in [2.05, 4.69) is 17.1 Å². The number of rotatable bonds is 7. The van der Waals surface area contributed by atoms with Crippen molar-refractivity contribution in [3.05, 3.63) is 34.4 Å². The van der Waals surface area contributed by atoms with Crippen LogP contribution in [-0.2, 0) is 0 Å². The predicted octanol–water partition coefficient (Wildman–Crippen LogP) is 2.95. The fourth-order valence-electron chi connectivity index (χ4n) is 2.72. The molecular weight excluding hydrogens is 254 g/mol. The summed E-state index contributed by atoms with van der Waals surface area (Å²) in [6.07, 6.45) is 4.50. The number of hydrogen-bond acceptors (Lipinski definition) is 4. The molecule has 20 heavy (non-hydrogen) atoms. The Kier molecular flexibility index (Phi) is 5.35. The highest BCUT2D eigenvalue weighted by Gasteiger charge is 2.22. The SMILES string of the molecule is CCCCN(CC1CCCN1)c1ccccc1[N+](=O)[O-]. The van der Waals surface area contributed by atoms with E-state index in [0.717, 1.165) is 44.6 Å². The minimum Gasteiger partial charge on any atom is -0.364 e. The molecule has 1 unspecified atom stereocenters. The molecule has 110 valence electrons. The number of benzene rings is 1. The number of hydrogen-bond donors (Lipinski definition) is 1. The molecule has 0 bridgehead atoms. The maximum Gasteiger partial charge on any atom is 0.292 e. The van der Waals surface area contributed by atoms with Crippen LogP contribution in [0.2, 0.25) is 0 Å². The molecule has 1 aromatic rings. The third-order valence-electron chi connectivity index (χ3n) is 3.80. The van der Waals surface area contributed by atoms with Crippen LogP contribution in [0, 0.1) is 10.1 Å². The van der Waals surface area contributed by atoms with Gasteiger partial charge in [0.15, 0.2) is 0 Å². The molecule has 1 aromatic carbocycles. The summed E-state index contributed by atoms with van der Waals surface area (Å²) in [5.74, 6) is 0. The van der Waals surface area contributed by atoms with Crippen molar-refractivity contribution in [2.24, 2.45) is 0 Å². The fraction of sp³-hybridized carbons (Fsp3) is 0.600. The maximum atomic E-state index is 11.2. The molecule has 2 rings (SSSR count). The van der Waals surface area contributed by atoms with Crippen molar-refractivity contribution < 1.29 is 4.92 Å². The predicted molar refractivity (Wildman–Crippen MR) is 81.2 cm³/mol. The molecule has 5 nitrogen and oxygen atoms in total. The number of nitro benzene ring substituents is 1. The Bertz CT molecular complexity index is 444. The molecule has 0 radical (unpaired) electrons. The molecule has 1 atom stereocenters. The van der Waals surface area contributed by atoms with Crippen molar-refractivity contribution in [2.45, 2.75) is 38.6 Å². The van der Waals surface area contributed by atoms with Gasteiger partial charge in [0.05, 0.1) is 4.92 Å². The third kappa shape index (κ3) is 3.70. The first-order valence-corrected chi connectivity index (χ1v) is 7.44. The van der Waals surface area contributed by atoms with Gasteiger partial charge in [-0.15, -0.1) is 0 Å². The highest BCUT2D eigenvalue weighted by Crippen LogP contribution is 2.28. The van der Waals surface area contributed by atoms with E-state index < -0.39 is 0 Å². The molecular formula is C15H23N3O2. The van der Waals surface area contributed by atoms with E-state index in [4.69, 9.17) is 0 Å². The van der Waals surface area contributed by atoms with Crippen molar-refractivity contribution in [1.29, 1.82) is 0 Å². The van der Waals surface area contributed by atoms with Gasteiger partial charge < -0.3 is 10.2 Å². The summed E-state index contributed by atoms with van der Waals surface area (Å²) in [6, 6.07) is 7.52. The van der Waals surface area contributed by atoms with Crippen LogP contribution < -0.4 is 10.2 Å². The summed E-state index contributed by atoms with van der Waals surface area (Å²) >= 11 is 0. The van der Waals surface area contributed by atoms with Crippen molar-refractivity contribution in [1.82, 2.24) is 5.32 Å². The zero-order chi connectivity index (χ0) is 14.4. The second kappa shape index (κ2) is 7.24. The number of anilines is 1. The lowest BCUT2D eigenvalue weighted by Gasteiger charge is -2.27. The number of unbranched alkanes of at least 4 members (excludes halogenated alkanes) is 1. The molecule has 1 saturated heterocycles. The van der Waals surface area contributed by atoms with Gasteiger partial charge in [0.2, 0.25) is 0 Å². The van der Waals surface area contributed by atoms with Crippen LogP contribution in [0.5, 0.6) is 0 Å². The van der Waals surface area contributed by atoms with Crippen molar-refractivity contribution in [3.8, 4) is 0 Å². The largest absolute Gasteiger partial charge is 0.364 e. The molecule has 0 aliphatic carbocycles. The van der Waals surface area contributed by atoms with Crippen LogP contribution in [0.3, 0.4) is 0 Å². The Balaban J connectivity index is 2.18. The van der Waals surface area contributed by atoms with Crippen LogP contribution >= 0.6 is 0 Å². The molecule has 0 amide bonds. The monoisotopic (exact) mass is 277 g/mol. The quantitative estimate of drug-likeness (QED) is 0.615. The highest BCUT2D eigenvalue weighted by atomic mass is 16.6. The van der Waals surface area contributed by atoms with Crippen LogP contribution in [0.4, 0.5) is 11.4 Å². The standard InChI is InChI=1S/C15H23N3O2/c1-2-3-11-17(12-13-7-6-10-16-13)14-8-4-5-9-15(14)18(19)20/h4-5,8-9,13,16H,2-3,6-7,10-12H2,1H3. The average Bonchev–Trinajstić information content (AvgIpc) is 2.96. The molecule has 0 aromatic heterocycles. The van der Waals surface area contributed by atoms with Gasteiger partial charge in [0, 0.05) is 25.2 Å². The first-order chi connectivity index (χ1) is 9.72. The maximum absolute atomic E-state index is 11.2. The zero-order valence-corrected chi connectivity index (χ0v) is 12.0. The first kappa shape index (κ1) is 14.8. The Hall–Kier alpha value is -1.62. The summed E-state index contributed by atoms with van der Waals surface area (Å²) < 4.78 is 0. The van der Waals surface area contributed by atoms with Crippen molar-refractivity contribution >= 4 is 11.4 Å². The topological polar surface area (TPSA) is 58.4 Å². The summed E-state index contributed by atoms with van der Waals surface area (Å²) in [6.45, 7) is 4.93. The van der Waals surface area contributed by atoms with Crippen molar-refractivity contribution in [2.75, 3.05) is 24.5 Å². The van der Waals surface area contributed by atoms with Gasteiger partial charge in [0.1, 0.15) is 5.69 Å². The van der Waals surface area contributed by atoms with Gasteiger partial charge in [0.25, 0.3) is 5.69 Å². The van der Waals surface area contributed by atoms with Gasteiger partial charge >= 0.3 is 0 Å². The third-order valence-corrected chi connectivity index (χ3v) is 3.80. The van der Waals surface area contributed by atoms with Crippen molar-refractivity contribution in [3.63, 3.8) is 0 Å². The van der Waals surface area contributed by atoms with Gasteiger partial charge in [-0.2, -0.15) is 0 Å². The summed E-state index contributed by atoms with van der Waals surface area (Å²) in [7, 11) is 0. The Morgan fingerprint density at radius 2 is 2.25 bits per heavy atom. The molecule has 1 heterocycles. The van der Waals surface area contributed by atoms with Crippen LogP contribution in [0.25, 0.3) is 0 Å². The zero-order valence-electron chi connectivity index (χ0n) is 12.0. The minimum absolute atomic E-state index is 0.210. The average molecular weight is 277 g/mol. The van der Waals surface area contributed by atoms with Crippen LogP contribution in [0.15, 0.2) is 24.3 Å². The Morgan fingerprint density at radius 3 is 2.90 bits per heavy atom. The number of nitrogens with zero attached hydrogens (tertiary/aromatic N) is 2. The smallest absolute Gasteiger partial charge is 0.292 e. The number of para-hydroxylation sites is 2. The Morgan fingerprint density at radius 1 is 1.45 bits per heavy atom. The van der Waals surface area contributed by atoms with Gasteiger partial charge in [-0.3, -0.25) is 10.1 Å². The lowest BCUT2D eigenvalue weighted by molar-refractivity contribution is -0.384. The number of nitrogens with one attached hydrogen (secondary N) is 1. The second-order valence-corrected chi connectivity index (χ2v) is 5.34. The van der Waals surface area contributed by atoms with E-state index >= 15 is 0 Å².